The molecule has 0 unspecified atom stereocenters. The zero-order chi connectivity index (χ0) is 16.4. The number of phenolic OH excluding ortho intramolecular Hbond substituents is 1. The zero-order valence-electron chi connectivity index (χ0n) is 13.1. The first-order valence-electron chi connectivity index (χ1n) is 7.89. The summed E-state index contributed by atoms with van der Waals surface area (Å²) in [5.74, 6) is 1.28. The summed E-state index contributed by atoms with van der Waals surface area (Å²) >= 11 is 5.82. The van der Waals surface area contributed by atoms with Crippen LogP contribution in [0.15, 0.2) is 30.6 Å². The van der Waals surface area contributed by atoms with Gasteiger partial charge in [-0.3, -0.25) is 4.79 Å². The third kappa shape index (κ3) is 3.20. The van der Waals surface area contributed by atoms with Crippen molar-refractivity contribution in [3.8, 4) is 5.75 Å². The van der Waals surface area contributed by atoms with E-state index in [0.29, 0.717) is 29.6 Å². The maximum atomic E-state index is 12.6. The van der Waals surface area contributed by atoms with Gasteiger partial charge >= 0.3 is 0 Å². The molecule has 2 aromatic rings. The molecule has 0 bridgehead atoms. The molecule has 1 amide bonds. The van der Waals surface area contributed by atoms with Gasteiger partial charge in [0.1, 0.15) is 11.6 Å². The van der Waals surface area contributed by atoms with Crippen molar-refractivity contribution < 1.29 is 9.90 Å². The van der Waals surface area contributed by atoms with Crippen LogP contribution in [0.5, 0.6) is 5.75 Å². The van der Waals surface area contributed by atoms with Crippen molar-refractivity contribution in [2.45, 2.75) is 32.2 Å². The highest BCUT2D eigenvalue weighted by Crippen LogP contribution is 2.29. The summed E-state index contributed by atoms with van der Waals surface area (Å²) in [6.45, 7) is 4.35. The molecule has 0 atom stereocenters. The number of likely N-dealkylation sites (tertiary alicyclic amines) is 1. The summed E-state index contributed by atoms with van der Waals surface area (Å²) in [4.78, 5) is 18.8. The third-order valence-electron chi connectivity index (χ3n) is 4.43. The van der Waals surface area contributed by atoms with Crippen molar-refractivity contribution >= 4 is 17.5 Å². The lowest BCUT2D eigenvalue weighted by molar-refractivity contribution is 0.0707. The highest BCUT2D eigenvalue weighted by Gasteiger charge is 2.27. The summed E-state index contributed by atoms with van der Waals surface area (Å²) in [5.41, 5.74) is 0.308. The fraction of sp³-hybridized carbons (Fsp3) is 0.412. The number of rotatable bonds is 3. The molecule has 1 aromatic heterocycles. The number of nitrogens with zero attached hydrogens (tertiary/aromatic N) is 3. The van der Waals surface area contributed by atoms with Crippen molar-refractivity contribution in [2.24, 2.45) is 0 Å². The van der Waals surface area contributed by atoms with Gasteiger partial charge in [0.15, 0.2) is 0 Å². The average Bonchev–Trinajstić information content (AvgIpc) is 3.03. The number of aryl methyl sites for hydroxylation is 1. The van der Waals surface area contributed by atoms with Gasteiger partial charge in [-0.2, -0.15) is 0 Å². The van der Waals surface area contributed by atoms with Gasteiger partial charge in [-0.15, -0.1) is 0 Å². The van der Waals surface area contributed by atoms with Crippen molar-refractivity contribution in [3.63, 3.8) is 0 Å². The highest BCUT2D eigenvalue weighted by molar-refractivity contribution is 6.30. The number of aromatic nitrogens is 2. The Labute approximate surface area is 140 Å². The van der Waals surface area contributed by atoms with Crippen LogP contribution in [0.1, 0.15) is 41.9 Å². The third-order valence-corrected chi connectivity index (χ3v) is 4.66. The Kier molecular flexibility index (Phi) is 4.57. The molecule has 2 heterocycles. The molecule has 1 aromatic carbocycles. The van der Waals surface area contributed by atoms with Crippen LogP contribution >= 0.6 is 11.6 Å². The maximum Gasteiger partial charge on any atom is 0.257 e. The molecule has 0 spiro atoms. The van der Waals surface area contributed by atoms with E-state index in [9.17, 15) is 9.90 Å². The number of amides is 1. The number of phenols is 1. The standard InChI is InChI=1S/C17H20ClN3O2/c1-2-20-10-7-19-16(20)12-5-8-21(9-6-12)17(23)14-4-3-13(18)11-15(14)22/h3-4,7,10-12,22H,2,5-6,8-9H2,1H3. The van der Waals surface area contributed by atoms with Gasteiger partial charge in [0.2, 0.25) is 0 Å². The lowest BCUT2D eigenvalue weighted by atomic mass is 9.95. The van der Waals surface area contributed by atoms with E-state index in [1.165, 1.54) is 6.07 Å². The Balaban J connectivity index is 1.68. The summed E-state index contributed by atoms with van der Waals surface area (Å²) in [5, 5.41) is 10.3. The minimum absolute atomic E-state index is 0.0638. The molecule has 1 fully saturated rings. The molecule has 6 heteroatoms. The summed E-state index contributed by atoms with van der Waals surface area (Å²) in [7, 11) is 0. The summed E-state index contributed by atoms with van der Waals surface area (Å²) < 4.78 is 2.16. The predicted molar refractivity (Wildman–Crippen MR) is 88.9 cm³/mol. The number of hydrogen-bond acceptors (Lipinski definition) is 3. The predicted octanol–water partition coefficient (Wildman–Crippen LogP) is 3.28. The number of piperidine rings is 1. The Morgan fingerprint density at radius 1 is 1.39 bits per heavy atom. The van der Waals surface area contributed by atoms with Crippen LogP contribution in [-0.4, -0.2) is 38.6 Å². The smallest absolute Gasteiger partial charge is 0.257 e. The van der Waals surface area contributed by atoms with E-state index < -0.39 is 0 Å². The van der Waals surface area contributed by atoms with Gasteiger partial charge in [-0.05, 0) is 38.0 Å². The Morgan fingerprint density at radius 3 is 2.78 bits per heavy atom. The second-order valence-corrected chi connectivity index (χ2v) is 6.24. The molecular formula is C17H20ClN3O2. The fourth-order valence-corrected chi connectivity index (χ4v) is 3.31. The number of halogens is 1. The second-order valence-electron chi connectivity index (χ2n) is 5.80. The van der Waals surface area contributed by atoms with Gasteiger partial charge in [-0.25, -0.2) is 4.98 Å². The van der Waals surface area contributed by atoms with Crippen LogP contribution in [0, 0.1) is 0 Å². The van der Waals surface area contributed by atoms with Crippen LogP contribution in [0.25, 0.3) is 0 Å². The van der Waals surface area contributed by atoms with E-state index in [-0.39, 0.29) is 11.7 Å². The van der Waals surface area contributed by atoms with E-state index in [1.807, 2.05) is 12.4 Å². The van der Waals surface area contributed by atoms with Crippen LogP contribution in [0.4, 0.5) is 0 Å². The van der Waals surface area contributed by atoms with Crippen LogP contribution < -0.4 is 0 Å². The largest absolute Gasteiger partial charge is 0.507 e. The van der Waals surface area contributed by atoms with Gasteiger partial charge in [0.05, 0.1) is 5.56 Å². The van der Waals surface area contributed by atoms with Gasteiger partial charge < -0.3 is 14.6 Å². The first-order valence-corrected chi connectivity index (χ1v) is 8.26. The monoisotopic (exact) mass is 333 g/mol. The molecule has 1 aliphatic heterocycles. The fourth-order valence-electron chi connectivity index (χ4n) is 3.14. The number of carbonyl (C=O) groups is 1. The minimum Gasteiger partial charge on any atom is -0.507 e. The van der Waals surface area contributed by atoms with Crippen LogP contribution in [-0.2, 0) is 6.54 Å². The lowest BCUT2D eigenvalue weighted by Crippen LogP contribution is -2.38. The van der Waals surface area contributed by atoms with E-state index in [0.717, 1.165) is 25.2 Å². The zero-order valence-corrected chi connectivity index (χ0v) is 13.8. The topological polar surface area (TPSA) is 58.4 Å². The van der Waals surface area contributed by atoms with E-state index >= 15 is 0 Å². The maximum absolute atomic E-state index is 12.6. The first kappa shape index (κ1) is 15.9. The van der Waals surface area contributed by atoms with Crippen molar-refractivity contribution in [1.82, 2.24) is 14.5 Å². The Morgan fingerprint density at radius 2 is 2.13 bits per heavy atom. The Hall–Kier alpha value is -2.01. The highest BCUT2D eigenvalue weighted by atomic mass is 35.5. The molecule has 5 nitrogen and oxygen atoms in total. The quantitative estimate of drug-likeness (QED) is 0.937. The molecule has 122 valence electrons. The molecule has 1 saturated heterocycles. The SMILES string of the molecule is CCn1ccnc1C1CCN(C(=O)c2ccc(Cl)cc2O)CC1. The number of hydrogen-bond donors (Lipinski definition) is 1. The van der Waals surface area contributed by atoms with Gasteiger partial charge in [0.25, 0.3) is 5.91 Å². The lowest BCUT2D eigenvalue weighted by Gasteiger charge is -2.32. The number of carbonyl (C=O) groups excluding carboxylic acids is 1. The van der Waals surface area contributed by atoms with Crippen molar-refractivity contribution in [1.29, 1.82) is 0 Å². The molecule has 0 aliphatic carbocycles. The van der Waals surface area contributed by atoms with Crippen LogP contribution in [0.3, 0.4) is 0 Å². The second kappa shape index (κ2) is 6.62. The van der Waals surface area contributed by atoms with Gasteiger partial charge in [-0.1, -0.05) is 11.6 Å². The van der Waals surface area contributed by atoms with Crippen molar-refractivity contribution in [3.05, 3.63) is 47.0 Å². The summed E-state index contributed by atoms with van der Waals surface area (Å²) in [6, 6.07) is 4.61. The number of imidazole rings is 1. The van der Waals surface area contributed by atoms with E-state index in [1.54, 1.807) is 17.0 Å². The molecule has 1 aliphatic rings. The first-order chi connectivity index (χ1) is 11.1. The van der Waals surface area contributed by atoms with E-state index in [4.69, 9.17) is 11.6 Å². The molecule has 1 N–H and O–H groups in total. The van der Waals surface area contributed by atoms with Crippen LogP contribution in [0.2, 0.25) is 5.02 Å². The number of benzene rings is 1. The molecule has 0 saturated carbocycles. The molecule has 0 radical (unpaired) electrons. The molecule has 3 rings (SSSR count). The van der Waals surface area contributed by atoms with Crippen molar-refractivity contribution in [2.75, 3.05) is 13.1 Å². The number of aromatic hydroxyl groups is 1. The summed E-state index contributed by atoms with van der Waals surface area (Å²) in [6.07, 6.45) is 5.61. The normalized spacial score (nSPS) is 15.8. The Bertz CT molecular complexity index is 706. The average molecular weight is 334 g/mol. The minimum atomic E-state index is -0.142. The van der Waals surface area contributed by atoms with Gasteiger partial charge in [0, 0.05) is 43.0 Å². The molecule has 23 heavy (non-hydrogen) atoms. The van der Waals surface area contributed by atoms with E-state index in [2.05, 4.69) is 16.5 Å². The molecular weight excluding hydrogens is 314 g/mol.